The second-order valence-corrected chi connectivity index (χ2v) is 4.28. The Bertz CT molecular complexity index is 288. The van der Waals surface area contributed by atoms with Gasteiger partial charge in [-0.25, -0.2) is 4.98 Å². The summed E-state index contributed by atoms with van der Waals surface area (Å²) >= 11 is 0. The first-order valence-electron chi connectivity index (χ1n) is 5.58. The summed E-state index contributed by atoms with van der Waals surface area (Å²) in [5.74, 6) is 1.77. The number of imidazole rings is 1. The van der Waals surface area contributed by atoms with Crippen LogP contribution in [0.4, 0.5) is 5.95 Å². The largest absolute Gasteiger partial charge is 0.355 e. The van der Waals surface area contributed by atoms with Gasteiger partial charge in [0.05, 0.1) is 0 Å². The van der Waals surface area contributed by atoms with Crippen molar-refractivity contribution in [2.75, 3.05) is 11.9 Å². The molecular weight excluding hydrogens is 174 g/mol. The van der Waals surface area contributed by atoms with Crippen LogP contribution in [0.25, 0.3) is 0 Å². The fourth-order valence-corrected chi connectivity index (χ4v) is 1.51. The van der Waals surface area contributed by atoms with E-state index < -0.39 is 0 Å². The second-order valence-electron chi connectivity index (χ2n) is 4.28. The molecule has 1 N–H and O–H groups in total. The lowest BCUT2D eigenvalue weighted by Crippen LogP contribution is -2.13. The van der Waals surface area contributed by atoms with Crippen LogP contribution in [0.1, 0.15) is 39.2 Å². The normalized spacial score (nSPS) is 18.1. The molecule has 1 unspecified atom stereocenters. The zero-order valence-corrected chi connectivity index (χ0v) is 9.03. The quantitative estimate of drug-likeness (QED) is 0.779. The molecule has 1 aromatic heterocycles. The number of anilines is 1. The molecule has 1 fully saturated rings. The predicted molar refractivity (Wildman–Crippen MR) is 58.4 cm³/mol. The molecule has 1 aromatic rings. The smallest absolute Gasteiger partial charge is 0.203 e. The van der Waals surface area contributed by atoms with Crippen molar-refractivity contribution in [2.24, 2.45) is 5.92 Å². The van der Waals surface area contributed by atoms with Crippen LogP contribution in [0.3, 0.4) is 0 Å². The average molecular weight is 193 g/mol. The van der Waals surface area contributed by atoms with Crippen LogP contribution in [-0.2, 0) is 0 Å². The van der Waals surface area contributed by atoms with Crippen molar-refractivity contribution < 1.29 is 0 Å². The van der Waals surface area contributed by atoms with Crippen molar-refractivity contribution in [3.05, 3.63) is 12.4 Å². The van der Waals surface area contributed by atoms with Gasteiger partial charge in [0.15, 0.2) is 0 Å². The van der Waals surface area contributed by atoms with Crippen molar-refractivity contribution >= 4 is 5.95 Å². The van der Waals surface area contributed by atoms with Crippen LogP contribution in [0.2, 0.25) is 0 Å². The lowest BCUT2D eigenvalue weighted by molar-refractivity contribution is 0.587. The first-order chi connectivity index (χ1) is 6.81. The molecule has 0 radical (unpaired) electrons. The van der Waals surface area contributed by atoms with Crippen LogP contribution >= 0.6 is 0 Å². The van der Waals surface area contributed by atoms with E-state index in [1.807, 2.05) is 6.20 Å². The molecule has 2 rings (SSSR count). The fraction of sp³-hybridized carbons (Fsp3) is 0.727. The zero-order valence-electron chi connectivity index (χ0n) is 9.03. The highest BCUT2D eigenvalue weighted by molar-refractivity contribution is 5.27. The van der Waals surface area contributed by atoms with E-state index in [9.17, 15) is 0 Å². The van der Waals surface area contributed by atoms with E-state index in [0.717, 1.165) is 24.5 Å². The second kappa shape index (κ2) is 4.03. The number of hydrogen-bond donors (Lipinski definition) is 1. The van der Waals surface area contributed by atoms with Crippen molar-refractivity contribution in [1.82, 2.24) is 9.55 Å². The maximum atomic E-state index is 4.34. The van der Waals surface area contributed by atoms with Gasteiger partial charge in [0.1, 0.15) is 0 Å². The Kier molecular flexibility index (Phi) is 2.75. The highest BCUT2D eigenvalue weighted by Gasteiger charge is 2.25. The van der Waals surface area contributed by atoms with Crippen molar-refractivity contribution in [2.45, 2.75) is 39.2 Å². The number of nitrogens with zero attached hydrogens (tertiary/aromatic N) is 2. The Morgan fingerprint density at radius 2 is 2.43 bits per heavy atom. The van der Waals surface area contributed by atoms with E-state index in [4.69, 9.17) is 0 Å². The van der Waals surface area contributed by atoms with E-state index in [0.29, 0.717) is 0 Å². The molecule has 1 aliphatic rings. The minimum absolute atomic E-state index is 0.719. The van der Waals surface area contributed by atoms with Gasteiger partial charge >= 0.3 is 0 Å². The minimum atomic E-state index is 0.719. The molecule has 3 nitrogen and oxygen atoms in total. The third kappa shape index (κ3) is 2.08. The molecule has 1 saturated carbocycles. The summed E-state index contributed by atoms with van der Waals surface area (Å²) in [6.07, 6.45) is 7.81. The first-order valence-corrected chi connectivity index (χ1v) is 5.58. The summed E-state index contributed by atoms with van der Waals surface area (Å²) in [6, 6.07) is 0.719. The highest BCUT2D eigenvalue weighted by atomic mass is 15.2. The van der Waals surface area contributed by atoms with E-state index in [1.54, 1.807) is 0 Å². The summed E-state index contributed by atoms with van der Waals surface area (Å²) in [6.45, 7) is 5.51. The lowest BCUT2D eigenvalue weighted by atomic mass is 10.1. The van der Waals surface area contributed by atoms with Gasteiger partial charge in [0.25, 0.3) is 0 Å². The standard InChI is InChI=1S/C11H19N3/c1-3-9(2)8-13-11-12-6-7-14(11)10-4-5-10/h6-7,9-10H,3-5,8H2,1-2H3,(H,12,13). The molecule has 0 amide bonds. The molecule has 14 heavy (non-hydrogen) atoms. The van der Waals surface area contributed by atoms with Gasteiger partial charge in [0.2, 0.25) is 5.95 Å². The van der Waals surface area contributed by atoms with Gasteiger partial charge in [-0.3, -0.25) is 0 Å². The topological polar surface area (TPSA) is 29.9 Å². The number of rotatable bonds is 5. The Labute approximate surface area is 85.5 Å². The molecule has 3 heteroatoms. The Morgan fingerprint density at radius 3 is 3.07 bits per heavy atom. The number of aromatic nitrogens is 2. The molecule has 1 heterocycles. The molecular formula is C11H19N3. The molecule has 0 saturated heterocycles. The van der Waals surface area contributed by atoms with E-state index in [1.165, 1.54) is 19.3 Å². The first kappa shape index (κ1) is 9.56. The Morgan fingerprint density at radius 1 is 1.64 bits per heavy atom. The molecule has 0 aromatic carbocycles. The van der Waals surface area contributed by atoms with Gasteiger partial charge in [-0.15, -0.1) is 0 Å². The summed E-state index contributed by atoms with van der Waals surface area (Å²) in [5, 5.41) is 3.42. The van der Waals surface area contributed by atoms with E-state index >= 15 is 0 Å². The summed E-state index contributed by atoms with van der Waals surface area (Å²) < 4.78 is 2.27. The van der Waals surface area contributed by atoms with E-state index in [2.05, 4.69) is 34.9 Å². The van der Waals surface area contributed by atoms with Gasteiger partial charge in [-0.1, -0.05) is 20.3 Å². The summed E-state index contributed by atoms with van der Waals surface area (Å²) in [4.78, 5) is 4.34. The third-order valence-corrected chi connectivity index (χ3v) is 2.91. The average Bonchev–Trinajstić information content (AvgIpc) is 2.94. The predicted octanol–water partition coefficient (Wildman–Crippen LogP) is 2.68. The molecule has 0 aliphatic heterocycles. The maximum Gasteiger partial charge on any atom is 0.203 e. The number of nitrogens with one attached hydrogen (secondary N) is 1. The van der Waals surface area contributed by atoms with Crippen molar-refractivity contribution in [1.29, 1.82) is 0 Å². The van der Waals surface area contributed by atoms with Crippen LogP contribution in [0.15, 0.2) is 12.4 Å². The summed E-state index contributed by atoms with van der Waals surface area (Å²) in [5.41, 5.74) is 0. The molecule has 0 bridgehead atoms. The van der Waals surface area contributed by atoms with Crippen molar-refractivity contribution in [3.63, 3.8) is 0 Å². The van der Waals surface area contributed by atoms with Crippen LogP contribution in [-0.4, -0.2) is 16.1 Å². The SMILES string of the molecule is CCC(C)CNc1nccn1C1CC1. The zero-order chi connectivity index (χ0) is 9.97. The Hall–Kier alpha value is -0.990. The highest BCUT2D eigenvalue weighted by Crippen LogP contribution is 2.36. The van der Waals surface area contributed by atoms with Crippen LogP contribution < -0.4 is 5.32 Å². The van der Waals surface area contributed by atoms with Gasteiger partial charge in [0, 0.05) is 25.0 Å². The van der Waals surface area contributed by atoms with Gasteiger partial charge < -0.3 is 9.88 Å². The Balaban J connectivity index is 1.91. The minimum Gasteiger partial charge on any atom is -0.355 e. The molecule has 78 valence electrons. The maximum absolute atomic E-state index is 4.34. The third-order valence-electron chi connectivity index (χ3n) is 2.91. The lowest BCUT2D eigenvalue weighted by Gasteiger charge is -2.12. The van der Waals surface area contributed by atoms with Crippen molar-refractivity contribution in [3.8, 4) is 0 Å². The van der Waals surface area contributed by atoms with E-state index in [-0.39, 0.29) is 0 Å². The monoisotopic (exact) mass is 193 g/mol. The molecule has 0 spiro atoms. The van der Waals surface area contributed by atoms with Gasteiger partial charge in [-0.2, -0.15) is 0 Å². The molecule has 1 aliphatic carbocycles. The fourth-order valence-electron chi connectivity index (χ4n) is 1.51. The van der Waals surface area contributed by atoms with Crippen LogP contribution in [0, 0.1) is 5.92 Å². The van der Waals surface area contributed by atoms with Gasteiger partial charge in [-0.05, 0) is 18.8 Å². The van der Waals surface area contributed by atoms with Crippen LogP contribution in [0.5, 0.6) is 0 Å². The summed E-state index contributed by atoms with van der Waals surface area (Å²) in [7, 11) is 0. The number of hydrogen-bond acceptors (Lipinski definition) is 2. The molecule has 1 atom stereocenters.